The van der Waals surface area contributed by atoms with Crippen LogP contribution in [-0.2, 0) is 6.61 Å². The van der Waals surface area contributed by atoms with Gasteiger partial charge in [0, 0.05) is 25.2 Å². The van der Waals surface area contributed by atoms with Gasteiger partial charge < -0.3 is 15.0 Å². The molecule has 122 valence electrons. The Labute approximate surface area is 142 Å². The minimum atomic E-state index is -0.0491. The minimum Gasteiger partial charge on any atom is -0.488 e. The number of ether oxygens (including phenoxy) is 1. The van der Waals surface area contributed by atoms with E-state index in [0.717, 1.165) is 12.1 Å². The number of para-hydroxylation sites is 1. The third-order valence-corrected chi connectivity index (χ3v) is 3.72. The summed E-state index contributed by atoms with van der Waals surface area (Å²) >= 11 is 5.88. The van der Waals surface area contributed by atoms with Crippen LogP contribution in [0.5, 0.6) is 5.75 Å². The van der Waals surface area contributed by atoms with E-state index in [0.29, 0.717) is 29.5 Å². The summed E-state index contributed by atoms with van der Waals surface area (Å²) in [6.07, 6.45) is 0. The van der Waals surface area contributed by atoms with Crippen molar-refractivity contribution in [2.24, 2.45) is 0 Å². The Morgan fingerprint density at radius 3 is 2.57 bits per heavy atom. The molecule has 4 nitrogen and oxygen atoms in total. The first-order valence-electron chi connectivity index (χ1n) is 7.48. The fraction of sp³-hybridized carbons (Fsp3) is 0.278. The second kappa shape index (κ2) is 8.56. The van der Waals surface area contributed by atoms with E-state index in [4.69, 9.17) is 16.3 Å². The van der Waals surface area contributed by atoms with Crippen molar-refractivity contribution < 1.29 is 9.53 Å². The average Bonchev–Trinajstić information content (AvgIpc) is 2.58. The van der Waals surface area contributed by atoms with E-state index in [1.807, 2.05) is 49.5 Å². The number of rotatable bonds is 7. The molecule has 0 aliphatic carbocycles. The maximum Gasteiger partial charge on any atom is 0.257 e. The predicted octanol–water partition coefficient (Wildman–Crippen LogP) is 3.21. The lowest BCUT2D eigenvalue weighted by molar-refractivity contribution is 0.0792. The number of hydrogen-bond donors (Lipinski definition) is 1. The lowest BCUT2D eigenvalue weighted by Crippen LogP contribution is -2.33. The summed E-state index contributed by atoms with van der Waals surface area (Å²) in [6.45, 7) is 1.78. The van der Waals surface area contributed by atoms with Gasteiger partial charge in [-0.25, -0.2) is 0 Å². The Morgan fingerprint density at radius 2 is 1.87 bits per heavy atom. The largest absolute Gasteiger partial charge is 0.488 e. The highest BCUT2D eigenvalue weighted by molar-refractivity contribution is 6.30. The molecule has 0 spiro atoms. The van der Waals surface area contributed by atoms with Crippen molar-refractivity contribution in [3.8, 4) is 5.75 Å². The summed E-state index contributed by atoms with van der Waals surface area (Å²) in [7, 11) is 3.65. The van der Waals surface area contributed by atoms with Crippen molar-refractivity contribution in [1.82, 2.24) is 10.2 Å². The third kappa shape index (κ3) is 4.98. The van der Waals surface area contributed by atoms with Crippen LogP contribution in [0.1, 0.15) is 15.9 Å². The Morgan fingerprint density at radius 1 is 1.17 bits per heavy atom. The van der Waals surface area contributed by atoms with Gasteiger partial charge in [-0.05, 0) is 36.9 Å². The minimum absolute atomic E-state index is 0.0491. The van der Waals surface area contributed by atoms with Crippen LogP contribution < -0.4 is 10.1 Å². The van der Waals surface area contributed by atoms with Gasteiger partial charge in [0.05, 0.1) is 5.56 Å². The molecule has 0 aromatic heterocycles. The van der Waals surface area contributed by atoms with Crippen LogP contribution in [0.2, 0.25) is 5.02 Å². The van der Waals surface area contributed by atoms with Crippen LogP contribution >= 0.6 is 11.6 Å². The molecule has 2 aromatic carbocycles. The number of nitrogens with zero attached hydrogens (tertiary/aromatic N) is 1. The molecule has 0 fully saturated rings. The Kier molecular flexibility index (Phi) is 6.44. The second-order valence-corrected chi connectivity index (χ2v) is 5.68. The summed E-state index contributed by atoms with van der Waals surface area (Å²) in [5.41, 5.74) is 1.57. The maximum absolute atomic E-state index is 12.5. The monoisotopic (exact) mass is 332 g/mol. The van der Waals surface area contributed by atoms with Crippen LogP contribution in [0.4, 0.5) is 0 Å². The summed E-state index contributed by atoms with van der Waals surface area (Å²) in [4.78, 5) is 14.2. The number of carbonyl (C=O) groups is 1. The normalized spacial score (nSPS) is 10.4. The molecule has 0 aliphatic heterocycles. The molecule has 0 aliphatic rings. The van der Waals surface area contributed by atoms with E-state index in [1.165, 1.54) is 0 Å². The lowest BCUT2D eigenvalue weighted by atomic mass is 10.1. The van der Waals surface area contributed by atoms with Gasteiger partial charge >= 0.3 is 0 Å². The van der Waals surface area contributed by atoms with E-state index < -0.39 is 0 Å². The summed E-state index contributed by atoms with van der Waals surface area (Å²) in [5, 5.41) is 3.73. The molecule has 0 saturated heterocycles. The van der Waals surface area contributed by atoms with Crippen molar-refractivity contribution in [1.29, 1.82) is 0 Å². The van der Waals surface area contributed by atoms with E-state index in [-0.39, 0.29) is 5.91 Å². The van der Waals surface area contributed by atoms with E-state index in [2.05, 4.69) is 5.32 Å². The topological polar surface area (TPSA) is 41.6 Å². The quantitative estimate of drug-likeness (QED) is 0.846. The van der Waals surface area contributed by atoms with Crippen LogP contribution in [-0.4, -0.2) is 38.0 Å². The van der Waals surface area contributed by atoms with Gasteiger partial charge in [0.15, 0.2) is 0 Å². The van der Waals surface area contributed by atoms with Gasteiger partial charge in [-0.2, -0.15) is 0 Å². The number of halogens is 1. The SMILES string of the molecule is CNCCN(C)C(=O)c1ccccc1OCc1ccc(Cl)cc1. The van der Waals surface area contributed by atoms with Crippen LogP contribution in [0.15, 0.2) is 48.5 Å². The van der Waals surface area contributed by atoms with Gasteiger partial charge in [-0.3, -0.25) is 4.79 Å². The van der Waals surface area contributed by atoms with Gasteiger partial charge in [-0.1, -0.05) is 35.9 Å². The maximum atomic E-state index is 12.5. The zero-order valence-electron chi connectivity index (χ0n) is 13.4. The van der Waals surface area contributed by atoms with Crippen molar-refractivity contribution in [2.45, 2.75) is 6.61 Å². The molecular formula is C18H21ClN2O2. The number of amides is 1. The smallest absolute Gasteiger partial charge is 0.257 e. The van der Waals surface area contributed by atoms with Crippen LogP contribution in [0.25, 0.3) is 0 Å². The Bertz CT molecular complexity index is 644. The molecule has 0 radical (unpaired) electrons. The number of hydrogen-bond acceptors (Lipinski definition) is 3. The van der Waals surface area contributed by atoms with E-state index >= 15 is 0 Å². The van der Waals surface area contributed by atoms with E-state index in [9.17, 15) is 4.79 Å². The highest BCUT2D eigenvalue weighted by Gasteiger charge is 2.16. The summed E-state index contributed by atoms with van der Waals surface area (Å²) in [6, 6.07) is 14.8. The third-order valence-electron chi connectivity index (χ3n) is 3.47. The Balaban J connectivity index is 2.07. The van der Waals surface area contributed by atoms with Gasteiger partial charge in [0.25, 0.3) is 5.91 Å². The summed E-state index contributed by atoms with van der Waals surface area (Å²) < 4.78 is 5.83. The highest BCUT2D eigenvalue weighted by Crippen LogP contribution is 2.21. The van der Waals surface area contributed by atoms with Crippen LogP contribution in [0, 0.1) is 0 Å². The number of carbonyl (C=O) groups excluding carboxylic acids is 1. The molecular weight excluding hydrogens is 312 g/mol. The molecule has 0 atom stereocenters. The lowest BCUT2D eigenvalue weighted by Gasteiger charge is -2.19. The van der Waals surface area contributed by atoms with Gasteiger partial charge in [0.2, 0.25) is 0 Å². The first-order chi connectivity index (χ1) is 11.1. The predicted molar refractivity (Wildman–Crippen MR) is 93.1 cm³/mol. The number of benzene rings is 2. The second-order valence-electron chi connectivity index (χ2n) is 5.24. The van der Waals surface area contributed by atoms with Crippen LogP contribution in [0.3, 0.4) is 0 Å². The summed E-state index contributed by atoms with van der Waals surface area (Å²) in [5.74, 6) is 0.538. The molecule has 23 heavy (non-hydrogen) atoms. The standard InChI is InChI=1S/C18H21ClN2O2/c1-20-11-12-21(2)18(22)16-5-3-4-6-17(16)23-13-14-7-9-15(19)10-8-14/h3-10,20H,11-13H2,1-2H3. The zero-order valence-corrected chi connectivity index (χ0v) is 14.1. The Hall–Kier alpha value is -2.04. The van der Waals surface area contributed by atoms with Crippen molar-refractivity contribution >= 4 is 17.5 Å². The zero-order chi connectivity index (χ0) is 16.7. The average molecular weight is 333 g/mol. The highest BCUT2D eigenvalue weighted by atomic mass is 35.5. The first-order valence-corrected chi connectivity index (χ1v) is 7.86. The molecule has 2 rings (SSSR count). The van der Waals surface area contributed by atoms with Gasteiger partial charge in [-0.15, -0.1) is 0 Å². The van der Waals surface area contributed by atoms with E-state index in [1.54, 1.807) is 18.0 Å². The fourth-order valence-corrected chi connectivity index (χ4v) is 2.22. The molecule has 0 saturated carbocycles. The fourth-order valence-electron chi connectivity index (χ4n) is 2.10. The number of nitrogens with one attached hydrogen (secondary N) is 1. The molecule has 1 N–H and O–H groups in total. The van der Waals surface area contributed by atoms with Crippen molar-refractivity contribution in [3.63, 3.8) is 0 Å². The molecule has 0 heterocycles. The van der Waals surface area contributed by atoms with Gasteiger partial charge in [0.1, 0.15) is 12.4 Å². The molecule has 0 bridgehead atoms. The van der Waals surface area contributed by atoms with Crippen molar-refractivity contribution in [2.75, 3.05) is 27.2 Å². The molecule has 0 unspecified atom stereocenters. The number of likely N-dealkylation sites (N-methyl/N-ethyl adjacent to an activating group) is 2. The molecule has 5 heteroatoms. The molecule has 1 amide bonds. The van der Waals surface area contributed by atoms with Crippen molar-refractivity contribution in [3.05, 3.63) is 64.7 Å². The molecule has 2 aromatic rings. The first kappa shape index (κ1) is 17.3.